The molecule has 0 amide bonds. The van der Waals surface area contributed by atoms with Crippen molar-refractivity contribution < 1.29 is 9.53 Å². The Kier molecular flexibility index (Phi) is 6.27. The first-order chi connectivity index (χ1) is 8.67. The Bertz CT molecular complexity index is 384. The molecule has 0 radical (unpaired) electrons. The molecule has 1 rings (SSSR count). The fourth-order valence-electron chi connectivity index (χ4n) is 1.54. The lowest BCUT2D eigenvalue weighted by atomic mass is 10.1. The lowest BCUT2D eigenvalue weighted by Gasteiger charge is -2.12. The minimum Gasteiger partial charge on any atom is -0.464 e. The van der Waals surface area contributed by atoms with Crippen LogP contribution in [0, 0.1) is 0 Å². The van der Waals surface area contributed by atoms with Crippen molar-refractivity contribution >= 4 is 5.97 Å². The Hall–Kier alpha value is -1.50. The van der Waals surface area contributed by atoms with E-state index in [9.17, 15) is 4.79 Å². The van der Waals surface area contributed by atoms with E-state index < -0.39 is 5.97 Å². The van der Waals surface area contributed by atoms with Gasteiger partial charge in [-0.1, -0.05) is 6.07 Å². The third-order valence-electron chi connectivity index (χ3n) is 2.40. The third-order valence-corrected chi connectivity index (χ3v) is 2.40. The van der Waals surface area contributed by atoms with Gasteiger partial charge in [-0.05, 0) is 12.1 Å². The molecule has 5 N–H and O–H groups in total. The van der Waals surface area contributed by atoms with Gasteiger partial charge in [-0.3, -0.25) is 0 Å². The van der Waals surface area contributed by atoms with Crippen LogP contribution in [0.2, 0.25) is 0 Å². The highest BCUT2D eigenvalue weighted by molar-refractivity contribution is 5.87. The molecule has 6 heteroatoms. The van der Waals surface area contributed by atoms with Gasteiger partial charge in [-0.2, -0.15) is 0 Å². The number of ether oxygens (including phenoxy) is 1. The monoisotopic (exact) mass is 252 g/mol. The minimum absolute atomic E-state index is 0.0584. The molecule has 18 heavy (non-hydrogen) atoms. The van der Waals surface area contributed by atoms with E-state index in [0.29, 0.717) is 25.2 Å². The van der Waals surface area contributed by atoms with E-state index in [-0.39, 0.29) is 6.04 Å². The molecule has 0 bridgehead atoms. The second-order valence-corrected chi connectivity index (χ2v) is 3.96. The largest absolute Gasteiger partial charge is 0.464 e. The summed E-state index contributed by atoms with van der Waals surface area (Å²) in [6, 6.07) is 5.18. The van der Waals surface area contributed by atoms with Gasteiger partial charge in [0.05, 0.1) is 7.11 Å². The summed E-state index contributed by atoms with van der Waals surface area (Å²) in [6.07, 6.45) is 0.600. The number of hydrogen-bond donors (Lipinski definition) is 3. The minimum atomic E-state index is -0.438. The molecule has 0 saturated carbocycles. The molecule has 0 spiro atoms. The van der Waals surface area contributed by atoms with Crippen molar-refractivity contribution in [1.82, 2.24) is 10.3 Å². The van der Waals surface area contributed by atoms with Gasteiger partial charge < -0.3 is 21.5 Å². The maximum absolute atomic E-state index is 11.3. The van der Waals surface area contributed by atoms with Crippen LogP contribution in [0.5, 0.6) is 0 Å². The summed E-state index contributed by atoms with van der Waals surface area (Å²) in [7, 11) is 1.33. The zero-order valence-electron chi connectivity index (χ0n) is 10.6. The molecule has 1 aromatic heterocycles. The molecule has 0 aliphatic rings. The smallest absolute Gasteiger partial charge is 0.356 e. The number of rotatable bonds is 7. The van der Waals surface area contributed by atoms with Crippen LogP contribution in [0.15, 0.2) is 18.2 Å². The van der Waals surface area contributed by atoms with Crippen molar-refractivity contribution in [3.8, 4) is 0 Å². The zero-order valence-corrected chi connectivity index (χ0v) is 10.6. The molecular weight excluding hydrogens is 232 g/mol. The number of pyridine rings is 1. The van der Waals surface area contributed by atoms with Gasteiger partial charge in [0.1, 0.15) is 5.69 Å². The average Bonchev–Trinajstić information content (AvgIpc) is 2.38. The number of esters is 1. The zero-order chi connectivity index (χ0) is 13.4. The van der Waals surface area contributed by atoms with Crippen LogP contribution in [0.1, 0.15) is 16.2 Å². The molecule has 1 unspecified atom stereocenters. The molecule has 1 heterocycles. The van der Waals surface area contributed by atoms with Crippen molar-refractivity contribution in [2.45, 2.75) is 12.5 Å². The van der Waals surface area contributed by atoms with Crippen molar-refractivity contribution in [2.75, 3.05) is 26.7 Å². The molecule has 0 aliphatic carbocycles. The lowest BCUT2D eigenvalue weighted by Crippen LogP contribution is -2.37. The number of aromatic nitrogens is 1. The van der Waals surface area contributed by atoms with E-state index >= 15 is 0 Å². The van der Waals surface area contributed by atoms with E-state index in [1.165, 1.54) is 7.11 Å². The average molecular weight is 252 g/mol. The summed E-state index contributed by atoms with van der Waals surface area (Å²) in [5.41, 5.74) is 12.4. The fraction of sp³-hybridized carbons (Fsp3) is 0.500. The quantitative estimate of drug-likeness (QED) is 0.437. The van der Waals surface area contributed by atoms with Gasteiger partial charge in [-0.15, -0.1) is 0 Å². The number of carbonyl (C=O) groups is 1. The lowest BCUT2D eigenvalue weighted by molar-refractivity contribution is 0.0593. The van der Waals surface area contributed by atoms with Crippen molar-refractivity contribution in [3.63, 3.8) is 0 Å². The molecule has 0 aliphatic heterocycles. The maximum atomic E-state index is 11.3. The fourth-order valence-corrected chi connectivity index (χ4v) is 1.54. The van der Waals surface area contributed by atoms with Crippen LogP contribution in [-0.2, 0) is 11.2 Å². The summed E-state index contributed by atoms with van der Waals surface area (Å²) >= 11 is 0. The van der Waals surface area contributed by atoms with Crippen molar-refractivity contribution in [3.05, 3.63) is 29.6 Å². The standard InChI is InChI=1S/C12H20N4O2/c1-18-12(17)11-4-2-3-10(16-11)7-9(14)8-15-6-5-13/h2-4,9,15H,5-8,13-14H2,1H3. The topological polar surface area (TPSA) is 103 Å². The van der Waals surface area contributed by atoms with Gasteiger partial charge in [0.15, 0.2) is 0 Å². The number of nitrogens with two attached hydrogens (primary N) is 2. The first-order valence-corrected chi connectivity index (χ1v) is 5.88. The number of nitrogens with one attached hydrogen (secondary N) is 1. The van der Waals surface area contributed by atoms with Gasteiger partial charge in [0.2, 0.25) is 0 Å². The van der Waals surface area contributed by atoms with E-state index in [1.807, 2.05) is 6.07 Å². The van der Waals surface area contributed by atoms with E-state index in [1.54, 1.807) is 12.1 Å². The van der Waals surface area contributed by atoms with Crippen LogP contribution in [0.4, 0.5) is 0 Å². The number of nitrogens with zero attached hydrogens (tertiary/aromatic N) is 1. The predicted octanol–water partition coefficient (Wildman–Crippen LogP) is -0.714. The summed E-state index contributed by atoms with van der Waals surface area (Å²) in [5, 5.41) is 3.13. The number of carbonyl (C=O) groups excluding carboxylic acids is 1. The molecule has 100 valence electrons. The molecular formula is C12H20N4O2. The Labute approximate surface area is 107 Å². The number of methoxy groups -OCH3 is 1. The highest BCUT2D eigenvalue weighted by Crippen LogP contribution is 2.03. The summed E-state index contributed by atoms with van der Waals surface area (Å²) < 4.78 is 4.62. The molecule has 6 nitrogen and oxygen atoms in total. The summed E-state index contributed by atoms with van der Waals surface area (Å²) in [4.78, 5) is 15.5. The Morgan fingerprint density at radius 2 is 2.33 bits per heavy atom. The second-order valence-electron chi connectivity index (χ2n) is 3.96. The maximum Gasteiger partial charge on any atom is 0.356 e. The Morgan fingerprint density at radius 3 is 3.00 bits per heavy atom. The summed E-state index contributed by atoms with van der Waals surface area (Å²) in [5.74, 6) is -0.438. The van der Waals surface area contributed by atoms with E-state index in [4.69, 9.17) is 11.5 Å². The van der Waals surface area contributed by atoms with Crippen LogP contribution in [-0.4, -0.2) is 43.7 Å². The first-order valence-electron chi connectivity index (χ1n) is 5.88. The van der Waals surface area contributed by atoms with Gasteiger partial charge in [0.25, 0.3) is 0 Å². The molecule has 0 aromatic carbocycles. The van der Waals surface area contributed by atoms with E-state index in [0.717, 1.165) is 12.2 Å². The predicted molar refractivity (Wildman–Crippen MR) is 69.2 cm³/mol. The third kappa shape index (κ3) is 4.79. The number of hydrogen-bond acceptors (Lipinski definition) is 6. The van der Waals surface area contributed by atoms with Gasteiger partial charge >= 0.3 is 5.97 Å². The Balaban J connectivity index is 2.53. The molecule has 1 atom stereocenters. The molecule has 1 aromatic rings. The van der Waals surface area contributed by atoms with Crippen LogP contribution in [0.25, 0.3) is 0 Å². The van der Waals surface area contributed by atoms with Crippen LogP contribution in [0.3, 0.4) is 0 Å². The highest BCUT2D eigenvalue weighted by atomic mass is 16.5. The second kappa shape index (κ2) is 7.75. The Morgan fingerprint density at radius 1 is 1.56 bits per heavy atom. The summed E-state index contributed by atoms with van der Waals surface area (Å²) in [6.45, 7) is 1.99. The normalized spacial score (nSPS) is 12.2. The first kappa shape index (κ1) is 14.6. The van der Waals surface area contributed by atoms with Crippen LogP contribution >= 0.6 is 0 Å². The highest BCUT2D eigenvalue weighted by Gasteiger charge is 2.09. The van der Waals surface area contributed by atoms with Gasteiger partial charge in [-0.25, -0.2) is 9.78 Å². The molecule has 0 saturated heterocycles. The van der Waals surface area contributed by atoms with Crippen molar-refractivity contribution in [1.29, 1.82) is 0 Å². The van der Waals surface area contributed by atoms with Crippen molar-refractivity contribution in [2.24, 2.45) is 11.5 Å². The van der Waals surface area contributed by atoms with Crippen LogP contribution < -0.4 is 16.8 Å². The molecule has 0 fully saturated rings. The SMILES string of the molecule is COC(=O)c1cccc(CC(N)CNCCN)n1. The van der Waals surface area contributed by atoms with Gasteiger partial charge in [0, 0.05) is 37.8 Å². The van der Waals surface area contributed by atoms with E-state index in [2.05, 4.69) is 15.0 Å².